The molecule has 4 N–H and O–H groups in total. The highest BCUT2D eigenvalue weighted by Gasteiger charge is 2.29. The fourth-order valence-electron chi connectivity index (χ4n) is 4.78. The first-order valence-electron chi connectivity index (χ1n) is 11.7. The molecule has 1 aliphatic carbocycles. The summed E-state index contributed by atoms with van der Waals surface area (Å²) in [4.78, 5) is 25.6. The summed E-state index contributed by atoms with van der Waals surface area (Å²) in [5.41, 5.74) is 7.11. The number of hydrogen-bond acceptors (Lipinski definition) is 7. The predicted molar refractivity (Wildman–Crippen MR) is 133 cm³/mol. The number of nitrogens with zero attached hydrogens (tertiary/aromatic N) is 4. The van der Waals surface area contributed by atoms with Gasteiger partial charge in [0.25, 0.3) is 0 Å². The normalized spacial score (nSPS) is 21.2. The lowest BCUT2D eigenvalue weighted by atomic mass is 9.85. The van der Waals surface area contributed by atoms with Crippen LogP contribution in [0.3, 0.4) is 0 Å². The Bertz CT molecular complexity index is 1240. The molecular weight excluding hydrogens is 496 g/mol. The number of carbonyl (C=O) groups is 1. The fraction of sp³-hybridized carbons (Fsp3) is 0.478. The number of imidazole rings is 1. The molecule has 1 aliphatic heterocycles. The number of aromatic nitrogens is 4. The lowest BCUT2D eigenvalue weighted by Crippen LogP contribution is -2.29. The number of nitrogens with two attached hydrogens (primary N) is 1. The van der Waals surface area contributed by atoms with Gasteiger partial charge in [0.05, 0.1) is 16.9 Å². The average Bonchev–Trinajstić information content (AvgIpc) is 3.22. The van der Waals surface area contributed by atoms with Gasteiger partial charge in [-0.3, -0.25) is 9.36 Å². The quantitative estimate of drug-likeness (QED) is 0.397. The number of carbonyl (C=O) groups excluding carboxylic acids is 1. The molecule has 0 atom stereocenters. The Hall–Kier alpha value is -2.69. The number of amides is 1. The molecule has 0 radical (unpaired) electrons. The molecule has 2 aliphatic rings. The highest BCUT2D eigenvalue weighted by molar-refractivity contribution is 6.36. The van der Waals surface area contributed by atoms with Gasteiger partial charge in [-0.2, -0.15) is 4.98 Å². The highest BCUT2D eigenvalue weighted by atomic mass is 35.5. The Balaban J connectivity index is 1.51. The molecule has 186 valence electrons. The van der Waals surface area contributed by atoms with Crippen molar-refractivity contribution in [2.45, 2.75) is 50.6 Å². The first-order chi connectivity index (χ1) is 16.9. The molecule has 0 unspecified atom stereocenters. The van der Waals surface area contributed by atoms with Gasteiger partial charge in [0, 0.05) is 31.2 Å². The molecular formula is C23H26Cl2FN7O2. The molecule has 9 nitrogen and oxygen atoms in total. The van der Waals surface area contributed by atoms with Crippen molar-refractivity contribution >= 4 is 57.9 Å². The topological polar surface area (TPSA) is 120 Å². The van der Waals surface area contributed by atoms with Gasteiger partial charge in [-0.15, -0.1) is 0 Å². The summed E-state index contributed by atoms with van der Waals surface area (Å²) >= 11 is 12.1. The second-order valence-electron chi connectivity index (χ2n) is 8.99. The van der Waals surface area contributed by atoms with E-state index in [1.165, 1.54) is 6.07 Å². The van der Waals surface area contributed by atoms with E-state index in [0.29, 0.717) is 54.8 Å². The Morgan fingerprint density at radius 2 is 1.86 bits per heavy atom. The Morgan fingerprint density at radius 1 is 1.11 bits per heavy atom. The summed E-state index contributed by atoms with van der Waals surface area (Å²) in [6, 6.07) is 3.29. The first kappa shape index (κ1) is 24.0. The zero-order valence-corrected chi connectivity index (χ0v) is 20.4. The van der Waals surface area contributed by atoms with E-state index in [0.717, 1.165) is 25.7 Å². The number of hydrogen-bond donors (Lipinski definition) is 3. The third kappa shape index (κ3) is 5.00. The maximum absolute atomic E-state index is 14.3. The number of halogens is 3. The number of nitrogens with one attached hydrogen (secondary N) is 2. The van der Waals surface area contributed by atoms with Crippen molar-refractivity contribution < 1.29 is 13.9 Å². The van der Waals surface area contributed by atoms with E-state index in [-0.39, 0.29) is 34.0 Å². The van der Waals surface area contributed by atoms with Gasteiger partial charge in [-0.05, 0) is 50.7 Å². The van der Waals surface area contributed by atoms with Crippen molar-refractivity contribution in [3.8, 4) is 0 Å². The summed E-state index contributed by atoms with van der Waals surface area (Å²) in [6.45, 7) is 1.40. The van der Waals surface area contributed by atoms with Gasteiger partial charge < -0.3 is 21.1 Å². The van der Waals surface area contributed by atoms with Gasteiger partial charge in [0.2, 0.25) is 17.8 Å². The van der Waals surface area contributed by atoms with Gasteiger partial charge in [0.1, 0.15) is 10.5 Å². The van der Waals surface area contributed by atoms with Crippen LogP contribution in [-0.4, -0.2) is 44.7 Å². The van der Waals surface area contributed by atoms with E-state index < -0.39 is 5.82 Å². The van der Waals surface area contributed by atoms with Crippen LogP contribution in [0.15, 0.2) is 18.3 Å². The summed E-state index contributed by atoms with van der Waals surface area (Å²) in [5, 5.41) is 6.37. The predicted octanol–water partition coefficient (Wildman–Crippen LogP) is 4.82. The van der Waals surface area contributed by atoms with Crippen LogP contribution in [-0.2, 0) is 9.53 Å². The standard InChI is InChI=1S/C23H26Cl2FN7O2/c24-15-5-6-16(18(25)19(15)26)30-23-31-17-11-28-22(29-13-7-9-35-10-8-13)32-21(17)33(23)14-3-1-12(2-4-14)20(27)34/h5-6,11-14H,1-4,7-10H2,(H2,27,34)(H,30,31)(H,28,29,32). The number of primary amides is 1. The summed E-state index contributed by atoms with van der Waals surface area (Å²) < 4.78 is 21.8. The van der Waals surface area contributed by atoms with Crippen LogP contribution < -0.4 is 16.4 Å². The third-order valence-electron chi connectivity index (χ3n) is 6.73. The minimum Gasteiger partial charge on any atom is -0.381 e. The third-order valence-corrected chi connectivity index (χ3v) is 7.39. The van der Waals surface area contributed by atoms with Crippen molar-refractivity contribution in [3.63, 3.8) is 0 Å². The second kappa shape index (κ2) is 10.1. The molecule has 2 aromatic heterocycles. The molecule has 1 aromatic carbocycles. The van der Waals surface area contributed by atoms with E-state index in [2.05, 4.69) is 15.6 Å². The van der Waals surface area contributed by atoms with Crippen LogP contribution in [0.2, 0.25) is 10.0 Å². The summed E-state index contributed by atoms with van der Waals surface area (Å²) in [5.74, 6) is -0.142. The smallest absolute Gasteiger partial charge is 0.224 e. The number of benzene rings is 1. The zero-order valence-electron chi connectivity index (χ0n) is 18.9. The molecule has 12 heteroatoms. The lowest BCUT2D eigenvalue weighted by Gasteiger charge is -2.29. The van der Waals surface area contributed by atoms with Crippen molar-refractivity contribution in [2.24, 2.45) is 11.7 Å². The Morgan fingerprint density at radius 3 is 2.57 bits per heavy atom. The molecule has 1 saturated heterocycles. The van der Waals surface area contributed by atoms with Crippen LogP contribution in [0, 0.1) is 11.7 Å². The monoisotopic (exact) mass is 521 g/mol. The number of anilines is 3. The number of fused-ring (bicyclic) bond motifs is 1. The van der Waals surface area contributed by atoms with Crippen LogP contribution in [0.4, 0.5) is 22.0 Å². The van der Waals surface area contributed by atoms with E-state index in [1.54, 1.807) is 12.3 Å². The molecule has 3 heterocycles. The Kier molecular flexibility index (Phi) is 6.95. The fourth-order valence-corrected chi connectivity index (χ4v) is 5.20. The SMILES string of the molecule is NC(=O)C1CCC(n2c(Nc3ccc(Cl)c(F)c3Cl)nc3cnc(NC4CCOCC4)nc32)CC1. The molecule has 1 saturated carbocycles. The minimum absolute atomic E-state index is 0.0138. The largest absolute Gasteiger partial charge is 0.381 e. The Labute approximate surface area is 211 Å². The van der Waals surface area contributed by atoms with Crippen molar-refractivity contribution in [2.75, 3.05) is 23.8 Å². The zero-order chi connectivity index (χ0) is 24.5. The second-order valence-corrected chi connectivity index (χ2v) is 9.78. The summed E-state index contributed by atoms with van der Waals surface area (Å²) in [7, 11) is 0. The van der Waals surface area contributed by atoms with Crippen LogP contribution in [0.5, 0.6) is 0 Å². The number of rotatable bonds is 6. The molecule has 3 aromatic rings. The van der Waals surface area contributed by atoms with Crippen LogP contribution >= 0.6 is 23.2 Å². The van der Waals surface area contributed by atoms with Crippen molar-refractivity contribution in [1.29, 1.82) is 0 Å². The lowest BCUT2D eigenvalue weighted by molar-refractivity contribution is -0.122. The maximum atomic E-state index is 14.3. The molecule has 0 bridgehead atoms. The summed E-state index contributed by atoms with van der Waals surface area (Å²) in [6.07, 6.45) is 6.23. The number of ether oxygens (including phenoxy) is 1. The van der Waals surface area contributed by atoms with Gasteiger partial charge in [0.15, 0.2) is 11.5 Å². The molecule has 2 fully saturated rings. The first-order valence-corrected chi connectivity index (χ1v) is 12.5. The van der Waals surface area contributed by atoms with Gasteiger partial charge >= 0.3 is 0 Å². The van der Waals surface area contributed by atoms with Gasteiger partial charge in [-0.25, -0.2) is 14.4 Å². The molecule has 1 amide bonds. The van der Waals surface area contributed by atoms with Crippen LogP contribution in [0.25, 0.3) is 11.2 Å². The van der Waals surface area contributed by atoms with E-state index in [9.17, 15) is 9.18 Å². The van der Waals surface area contributed by atoms with E-state index in [1.807, 2.05) is 4.57 Å². The van der Waals surface area contributed by atoms with Crippen molar-refractivity contribution in [1.82, 2.24) is 19.5 Å². The van der Waals surface area contributed by atoms with Crippen LogP contribution in [0.1, 0.15) is 44.6 Å². The van der Waals surface area contributed by atoms with E-state index in [4.69, 9.17) is 43.6 Å². The van der Waals surface area contributed by atoms with E-state index >= 15 is 0 Å². The average molecular weight is 522 g/mol. The highest BCUT2D eigenvalue weighted by Crippen LogP contribution is 2.38. The van der Waals surface area contributed by atoms with Crippen molar-refractivity contribution in [3.05, 3.63) is 34.2 Å². The minimum atomic E-state index is -0.703. The molecule has 0 spiro atoms. The maximum Gasteiger partial charge on any atom is 0.224 e. The molecule has 5 rings (SSSR count). The molecule has 35 heavy (non-hydrogen) atoms. The van der Waals surface area contributed by atoms with Gasteiger partial charge in [-0.1, -0.05) is 23.2 Å².